The molecule has 1 aromatic carbocycles. The van der Waals surface area contributed by atoms with E-state index in [-0.39, 0.29) is 5.97 Å². The number of nitrogens with zero attached hydrogens (tertiary/aromatic N) is 3. The van der Waals surface area contributed by atoms with Gasteiger partial charge in [0.05, 0.1) is 6.61 Å². The summed E-state index contributed by atoms with van der Waals surface area (Å²) in [4.78, 5) is 12.2. The summed E-state index contributed by atoms with van der Waals surface area (Å²) in [5.41, 5.74) is 0.0787. The lowest BCUT2D eigenvalue weighted by molar-refractivity contribution is -0.149. The minimum atomic E-state index is -0.854. The SMILES string of the molecule is CCOC(=O)C(C)(C)c1nnc(C)n1-c1ccccc1. The van der Waals surface area contributed by atoms with Crippen LogP contribution < -0.4 is 0 Å². The highest BCUT2D eigenvalue weighted by molar-refractivity contribution is 5.81. The third-order valence-corrected chi connectivity index (χ3v) is 3.18. The minimum Gasteiger partial charge on any atom is -0.465 e. The summed E-state index contributed by atoms with van der Waals surface area (Å²) in [6.07, 6.45) is 0. The van der Waals surface area contributed by atoms with Gasteiger partial charge in [-0.3, -0.25) is 9.36 Å². The summed E-state index contributed by atoms with van der Waals surface area (Å²) in [6.45, 7) is 7.61. The molecule has 0 aliphatic heterocycles. The molecular formula is C15H19N3O2. The minimum absolute atomic E-state index is 0.301. The van der Waals surface area contributed by atoms with E-state index >= 15 is 0 Å². The summed E-state index contributed by atoms with van der Waals surface area (Å²) in [5, 5.41) is 8.29. The molecule has 0 atom stereocenters. The molecule has 0 bridgehead atoms. The van der Waals surface area contributed by atoms with Crippen molar-refractivity contribution in [3.05, 3.63) is 42.0 Å². The fraction of sp³-hybridized carbons (Fsp3) is 0.400. The second-order valence-electron chi connectivity index (χ2n) is 5.09. The number of para-hydroxylation sites is 1. The van der Waals surface area contributed by atoms with Gasteiger partial charge in [-0.05, 0) is 39.8 Å². The summed E-state index contributed by atoms with van der Waals surface area (Å²) >= 11 is 0. The van der Waals surface area contributed by atoms with Crippen molar-refractivity contribution in [1.29, 1.82) is 0 Å². The van der Waals surface area contributed by atoms with E-state index in [1.165, 1.54) is 0 Å². The van der Waals surface area contributed by atoms with Crippen LogP contribution in [-0.2, 0) is 14.9 Å². The molecule has 0 N–H and O–H groups in total. The first-order valence-corrected chi connectivity index (χ1v) is 6.63. The molecule has 0 spiro atoms. The maximum atomic E-state index is 12.2. The van der Waals surface area contributed by atoms with Crippen LogP contribution in [0, 0.1) is 6.92 Å². The van der Waals surface area contributed by atoms with E-state index in [4.69, 9.17) is 4.74 Å². The Hall–Kier alpha value is -2.17. The Balaban J connectivity index is 2.52. The molecular weight excluding hydrogens is 254 g/mol. The van der Waals surface area contributed by atoms with Crippen molar-refractivity contribution in [2.24, 2.45) is 0 Å². The fourth-order valence-electron chi connectivity index (χ4n) is 2.06. The van der Waals surface area contributed by atoms with Crippen molar-refractivity contribution >= 4 is 5.97 Å². The molecule has 0 fully saturated rings. The lowest BCUT2D eigenvalue weighted by Gasteiger charge is -2.22. The summed E-state index contributed by atoms with van der Waals surface area (Å²) in [5.74, 6) is 1.02. The number of esters is 1. The highest BCUT2D eigenvalue weighted by Crippen LogP contribution is 2.26. The molecule has 2 aromatic rings. The van der Waals surface area contributed by atoms with Crippen LogP contribution in [0.15, 0.2) is 30.3 Å². The molecule has 0 unspecified atom stereocenters. The molecule has 0 aliphatic carbocycles. The van der Waals surface area contributed by atoms with Crippen LogP contribution in [0.25, 0.3) is 5.69 Å². The lowest BCUT2D eigenvalue weighted by atomic mass is 9.92. The summed E-state index contributed by atoms with van der Waals surface area (Å²) < 4.78 is 7.03. The number of ether oxygens (including phenoxy) is 1. The zero-order chi connectivity index (χ0) is 14.8. The number of aromatic nitrogens is 3. The van der Waals surface area contributed by atoms with Crippen LogP contribution in [0.1, 0.15) is 32.4 Å². The quantitative estimate of drug-likeness (QED) is 0.803. The van der Waals surface area contributed by atoms with Crippen LogP contribution >= 0.6 is 0 Å². The third-order valence-electron chi connectivity index (χ3n) is 3.18. The van der Waals surface area contributed by atoms with Gasteiger partial charge in [0.15, 0.2) is 5.82 Å². The van der Waals surface area contributed by atoms with Gasteiger partial charge < -0.3 is 4.74 Å². The Kier molecular flexibility index (Phi) is 3.88. The van der Waals surface area contributed by atoms with E-state index in [1.54, 1.807) is 20.8 Å². The maximum absolute atomic E-state index is 12.2. The van der Waals surface area contributed by atoms with Crippen LogP contribution in [0.2, 0.25) is 0 Å². The van der Waals surface area contributed by atoms with E-state index < -0.39 is 5.41 Å². The van der Waals surface area contributed by atoms with Gasteiger partial charge in [0.25, 0.3) is 0 Å². The van der Waals surface area contributed by atoms with E-state index in [0.29, 0.717) is 12.4 Å². The molecule has 1 heterocycles. The third kappa shape index (κ3) is 2.43. The normalized spacial score (nSPS) is 11.4. The molecule has 2 rings (SSSR count). The van der Waals surface area contributed by atoms with Gasteiger partial charge in [0.2, 0.25) is 0 Å². The molecule has 5 nitrogen and oxygen atoms in total. The van der Waals surface area contributed by atoms with Gasteiger partial charge >= 0.3 is 5.97 Å². The molecule has 0 amide bonds. The average Bonchev–Trinajstić information content (AvgIpc) is 2.82. The Morgan fingerprint density at radius 3 is 2.50 bits per heavy atom. The Bertz CT molecular complexity index is 603. The predicted molar refractivity (Wildman–Crippen MR) is 75.8 cm³/mol. The molecule has 0 radical (unpaired) electrons. The molecule has 0 aliphatic rings. The van der Waals surface area contributed by atoms with Crippen LogP contribution in [-0.4, -0.2) is 27.3 Å². The zero-order valence-corrected chi connectivity index (χ0v) is 12.3. The first-order valence-electron chi connectivity index (χ1n) is 6.63. The average molecular weight is 273 g/mol. The van der Waals surface area contributed by atoms with Crippen molar-refractivity contribution < 1.29 is 9.53 Å². The second kappa shape index (κ2) is 5.45. The van der Waals surface area contributed by atoms with E-state index in [2.05, 4.69) is 10.2 Å². The molecule has 5 heteroatoms. The second-order valence-corrected chi connectivity index (χ2v) is 5.09. The molecule has 0 saturated carbocycles. The van der Waals surface area contributed by atoms with Crippen molar-refractivity contribution in [2.75, 3.05) is 6.61 Å². The maximum Gasteiger partial charge on any atom is 0.319 e. The summed E-state index contributed by atoms with van der Waals surface area (Å²) in [6, 6.07) is 9.74. The number of hydrogen-bond donors (Lipinski definition) is 0. The smallest absolute Gasteiger partial charge is 0.319 e. The number of aryl methyl sites for hydroxylation is 1. The van der Waals surface area contributed by atoms with Crippen molar-refractivity contribution in [1.82, 2.24) is 14.8 Å². The molecule has 1 aromatic heterocycles. The van der Waals surface area contributed by atoms with Crippen LogP contribution in [0.5, 0.6) is 0 Å². The Labute approximate surface area is 118 Å². The largest absolute Gasteiger partial charge is 0.465 e. The number of carbonyl (C=O) groups is 1. The van der Waals surface area contributed by atoms with Crippen LogP contribution in [0.4, 0.5) is 0 Å². The van der Waals surface area contributed by atoms with Crippen molar-refractivity contribution in [3.63, 3.8) is 0 Å². The van der Waals surface area contributed by atoms with E-state index in [0.717, 1.165) is 11.5 Å². The van der Waals surface area contributed by atoms with E-state index in [1.807, 2.05) is 41.8 Å². The van der Waals surface area contributed by atoms with E-state index in [9.17, 15) is 4.79 Å². The van der Waals surface area contributed by atoms with Gasteiger partial charge in [-0.15, -0.1) is 10.2 Å². The van der Waals surface area contributed by atoms with Gasteiger partial charge in [0, 0.05) is 5.69 Å². The summed E-state index contributed by atoms with van der Waals surface area (Å²) in [7, 11) is 0. The van der Waals surface area contributed by atoms with Gasteiger partial charge in [0.1, 0.15) is 11.2 Å². The van der Waals surface area contributed by atoms with Crippen molar-refractivity contribution in [2.45, 2.75) is 33.1 Å². The monoisotopic (exact) mass is 273 g/mol. The molecule has 20 heavy (non-hydrogen) atoms. The standard InChI is InChI=1S/C15H19N3O2/c1-5-20-14(19)15(3,4)13-17-16-11(2)18(13)12-9-7-6-8-10-12/h6-10H,5H2,1-4H3. The van der Waals surface area contributed by atoms with Gasteiger partial charge in [-0.2, -0.15) is 0 Å². The first kappa shape index (κ1) is 14.2. The van der Waals surface area contributed by atoms with Crippen molar-refractivity contribution in [3.8, 4) is 5.69 Å². The highest BCUT2D eigenvalue weighted by Gasteiger charge is 2.37. The van der Waals surface area contributed by atoms with Crippen LogP contribution in [0.3, 0.4) is 0 Å². The molecule has 106 valence electrons. The Morgan fingerprint density at radius 1 is 1.25 bits per heavy atom. The molecule has 0 saturated heterocycles. The Morgan fingerprint density at radius 2 is 1.90 bits per heavy atom. The van der Waals surface area contributed by atoms with Gasteiger partial charge in [-0.25, -0.2) is 0 Å². The fourth-order valence-corrected chi connectivity index (χ4v) is 2.06. The zero-order valence-electron chi connectivity index (χ0n) is 12.3. The number of carbonyl (C=O) groups excluding carboxylic acids is 1. The highest BCUT2D eigenvalue weighted by atomic mass is 16.5. The van der Waals surface area contributed by atoms with Gasteiger partial charge in [-0.1, -0.05) is 18.2 Å². The topological polar surface area (TPSA) is 57.0 Å². The number of rotatable bonds is 4. The lowest BCUT2D eigenvalue weighted by Crippen LogP contribution is -2.34. The number of hydrogen-bond acceptors (Lipinski definition) is 4. The number of benzene rings is 1. The first-order chi connectivity index (χ1) is 9.48. The predicted octanol–water partition coefficient (Wildman–Crippen LogP) is 2.42.